The molecule has 5 nitrogen and oxygen atoms in total. The lowest BCUT2D eigenvalue weighted by atomic mass is 10.3. The van der Waals surface area contributed by atoms with Gasteiger partial charge in [-0.05, 0) is 18.6 Å². The summed E-state index contributed by atoms with van der Waals surface area (Å²) in [6, 6.07) is 4.16. The van der Waals surface area contributed by atoms with E-state index in [0.29, 0.717) is 0 Å². The molecule has 18 heavy (non-hydrogen) atoms. The zero-order valence-electron chi connectivity index (χ0n) is 10.5. The smallest absolute Gasteiger partial charge is 0.155 e. The number of nitrogens with zero attached hydrogens (tertiary/aromatic N) is 4. The number of pyridine rings is 1. The minimum absolute atomic E-state index is 0.874. The van der Waals surface area contributed by atoms with Crippen molar-refractivity contribution in [1.29, 1.82) is 0 Å². The lowest BCUT2D eigenvalue weighted by Gasteiger charge is -2.29. The topological polar surface area (TPSA) is 46.0 Å². The first-order valence-electron chi connectivity index (χ1n) is 6.26. The van der Waals surface area contributed by atoms with Crippen LogP contribution in [-0.4, -0.2) is 40.9 Å². The highest BCUT2D eigenvalue weighted by atomic mass is 15.3. The van der Waals surface area contributed by atoms with Gasteiger partial charge in [0.25, 0.3) is 0 Å². The van der Waals surface area contributed by atoms with Gasteiger partial charge in [0.1, 0.15) is 0 Å². The fourth-order valence-corrected chi connectivity index (χ4v) is 2.19. The summed E-state index contributed by atoms with van der Waals surface area (Å²) in [6.07, 6.45) is 5.69. The fourth-order valence-electron chi connectivity index (χ4n) is 2.19. The number of hydrogen-bond donors (Lipinski definition) is 1. The highest BCUT2D eigenvalue weighted by Gasteiger charge is 2.11. The number of hydrogen-bond acceptors (Lipinski definition) is 4. The SMILES string of the molecule is Cc1cnn(-c2cc(N3CCNCC3)ccn2)c1. The Labute approximate surface area is 106 Å². The molecule has 0 radical (unpaired) electrons. The van der Waals surface area contributed by atoms with Crippen molar-refractivity contribution in [3.63, 3.8) is 0 Å². The van der Waals surface area contributed by atoms with Gasteiger partial charge in [-0.2, -0.15) is 5.10 Å². The Morgan fingerprint density at radius 3 is 2.83 bits per heavy atom. The summed E-state index contributed by atoms with van der Waals surface area (Å²) in [5.74, 6) is 0.874. The van der Waals surface area contributed by atoms with E-state index < -0.39 is 0 Å². The molecule has 0 amide bonds. The maximum Gasteiger partial charge on any atom is 0.155 e. The number of nitrogens with one attached hydrogen (secondary N) is 1. The van der Waals surface area contributed by atoms with Crippen LogP contribution in [0.15, 0.2) is 30.7 Å². The van der Waals surface area contributed by atoms with E-state index in [-0.39, 0.29) is 0 Å². The van der Waals surface area contributed by atoms with Crippen molar-refractivity contribution in [2.24, 2.45) is 0 Å². The van der Waals surface area contributed by atoms with Gasteiger partial charge in [0.05, 0.1) is 6.20 Å². The van der Waals surface area contributed by atoms with Crippen molar-refractivity contribution in [3.8, 4) is 5.82 Å². The number of anilines is 1. The maximum atomic E-state index is 4.38. The lowest BCUT2D eigenvalue weighted by molar-refractivity contribution is 0.589. The highest BCUT2D eigenvalue weighted by Crippen LogP contribution is 2.17. The van der Waals surface area contributed by atoms with Crippen LogP contribution in [-0.2, 0) is 0 Å². The second-order valence-electron chi connectivity index (χ2n) is 4.57. The summed E-state index contributed by atoms with van der Waals surface area (Å²) >= 11 is 0. The molecule has 1 fully saturated rings. The number of aryl methyl sites for hydroxylation is 1. The van der Waals surface area contributed by atoms with Crippen molar-refractivity contribution >= 4 is 5.69 Å². The van der Waals surface area contributed by atoms with Gasteiger partial charge in [-0.1, -0.05) is 0 Å². The second kappa shape index (κ2) is 4.78. The van der Waals surface area contributed by atoms with E-state index in [9.17, 15) is 0 Å². The van der Waals surface area contributed by atoms with Gasteiger partial charge in [0.15, 0.2) is 5.82 Å². The van der Waals surface area contributed by atoms with Crippen LogP contribution >= 0.6 is 0 Å². The van der Waals surface area contributed by atoms with Gasteiger partial charge in [0, 0.05) is 50.3 Å². The molecular formula is C13H17N5. The Bertz CT molecular complexity index is 528. The van der Waals surface area contributed by atoms with E-state index in [0.717, 1.165) is 37.6 Å². The van der Waals surface area contributed by atoms with E-state index in [2.05, 4.69) is 32.4 Å². The third-order valence-corrected chi connectivity index (χ3v) is 3.16. The largest absolute Gasteiger partial charge is 0.369 e. The summed E-state index contributed by atoms with van der Waals surface area (Å²) in [5.41, 5.74) is 2.36. The zero-order chi connectivity index (χ0) is 12.4. The van der Waals surface area contributed by atoms with E-state index >= 15 is 0 Å². The molecule has 5 heteroatoms. The summed E-state index contributed by atoms with van der Waals surface area (Å²) in [7, 11) is 0. The predicted octanol–water partition coefficient (Wildman–Crippen LogP) is 0.985. The Kier molecular flexibility index (Phi) is 2.98. The lowest BCUT2D eigenvalue weighted by Crippen LogP contribution is -2.43. The Balaban J connectivity index is 1.88. The molecule has 2 aromatic rings. The van der Waals surface area contributed by atoms with Crippen LogP contribution in [0, 0.1) is 6.92 Å². The Morgan fingerprint density at radius 2 is 2.11 bits per heavy atom. The van der Waals surface area contributed by atoms with Crippen LogP contribution in [0.2, 0.25) is 0 Å². The second-order valence-corrected chi connectivity index (χ2v) is 4.57. The van der Waals surface area contributed by atoms with Gasteiger partial charge in [-0.15, -0.1) is 0 Å². The third kappa shape index (κ3) is 2.22. The molecule has 3 rings (SSSR count). The number of rotatable bonds is 2. The summed E-state index contributed by atoms with van der Waals surface area (Å²) in [4.78, 5) is 6.75. The Morgan fingerprint density at radius 1 is 1.28 bits per heavy atom. The van der Waals surface area contributed by atoms with Gasteiger partial charge in [0.2, 0.25) is 0 Å². The van der Waals surface area contributed by atoms with Crippen molar-refractivity contribution in [2.45, 2.75) is 6.92 Å². The standard InChI is InChI=1S/C13H17N5/c1-11-9-16-18(10-11)13-8-12(2-3-15-13)17-6-4-14-5-7-17/h2-3,8-10,14H,4-7H2,1H3. The van der Waals surface area contributed by atoms with Crippen molar-refractivity contribution in [2.75, 3.05) is 31.1 Å². The van der Waals surface area contributed by atoms with Gasteiger partial charge >= 0.3 is 0 Å². The average molecular weight is 243 g/mol. The maximum absolute atomic E-state index is 4.38. The molecule has 2 aromatic heterocycles. The number of piperazine rings is 1. The number of aromatic nitrogens is 3. The van der Waals surface area contributed by atoms with Gasteiger partial charge in [-0.3, -0.25) is 0 Å². The first-order valence-corrected chi connectivity index (χ1v) is 6.26. The van der Waals surface area contributed by atoms with Crippen molar-refractivity contribution in [3.05, 3.63) is 36.3 Å². The summed E-state index contributed by atoms with van der Waals surface area (Å²) in [6.45, 7) is 6.20. The predicted molar refractivity (Wildman–Crippen MR) is 71.2 cm³/mol. The van der Waals surface area contributed by atoms with Gasteiger partial charge < -0.3 is 10.2 Å². The van der Waals surface area contributed by atoms with Gasteiger partial charge in [-0.25, -0.2) is 9.67 Å². The first-order chi connectivity index (χ1) is 8.83. The molecule has 1 aliphatic heterocycles. The zero-order valence-corrected chi connectivity index (χ0v) is 10.5. The van der Waals surface area contributed by atoms with Crippen molar-refractivity contribution in [1.82, 2.24) is 20.1 Å². The van der Waals surface area contributed by atoms with Crippen LogP contribution in [0.4, 0.5) is 5.69 Å². The molecule has 1 saturated heterocycles. The normalized spacial score (nSPS) is 15.9. The summed E-state index contributed by atoms with van der Waals surface area (Å²) in [5, 5.41) is 7.65. The molecule has 1 N–H and O–H groups in total. The van der Waals surface area contributed by atoms with Crippen LogP contribution in [0.1, 0.15) is 5.56 Å². The van der Waals surface area contributed by atoms with Crippen LogP contribution in [0.3, 0.4) is 0 Å². The minimum atomic E-state index is 0.874. The molecule has 0 unspecified atom stereocenters. The summed E-state index contributed by atoms with van der Waals surface area (Å²) < 4.78 is 1.82. The molecule has 0 spiro atoms. The highest BCUT2D eigenvalue weighted by molar-refractivity contribution is 5.50. The van der Waals surface area contributed by atoms with E-state index in [1.807, 2.05) is 30.2 Å². The molecule has 0 saturated carbocycles. The monoisotopic (exact) mass is 243 g/mol. The van der Waals surface area contributed by atoms with Crippen molar-refractivity contribution < 1.29 is 0 Å². The van der Waals surface area contributed by atoms with E-state index in [1.165, 1.54) is 5.69 Å². The molecule has 1 aliphatic rings. The fraction of sp³-hybridized carbons (Fsp3) is 0.385. The Hall–Kier alpha value is -1.88. The molecule has 0 aliphatic carbocycles. The minimum Gasteiger partial charge on any atom is -0.369 e. The quantitative estimate of drug-likeness (QED) is 0.854. The molecule has 3 heterocycles. The van der Waals surface area contributed by atoms with Crippen LogP contribution in [0.5, 0.6) is 0 Å². The molecule has 0 bridgehead atoms. The molecule has 94 valence electrons. The molecule has 0 aromatic carbocycles. The van der Waals surface area contributed by atoms with E-state index in [1.54, 1.807) is 0 Å². The third-order valence-electron chi connectivity index (χ3n) is 3.16. The van der Waals surface area contributed by atoms with E-state index in [4.69, 9.17) is 0 Å². The average Bonchev–Trinajstić information content (AvgIpc) is 2.87. The first kappa shape index (κ1) is 11.2. The molecular weight excluding hydrogens is 226 g/mol. The molecule has 0 atom stereocenters. The van der Waals surface area contributed by atoms with Crippen LogP contribution < -0.4 is 10.2 Å². The van der Waals surface area contributed by atoms with Crippen LogP contribution in [0.25, 0.3) is 5.82 Å².